The van der Waals surface area contributed by atoms with Gasteiger partial charge in [0.2, 0.25) is 0 Å². The molecule has 0 saturated heterocycles. The lowest BCUT2D eigenvalue weighted by atomic mass is 10.2. The van der Waals surface area contributed by atoms with Crippen molar-refractivity contribution in [1.29, 1.82) is 0 Å². The molecule has 3 rings (SSSR count). The number of anilines is 1. The second-order valence-electron chi connectivity index (χ2n) is 4.19. The topological polar surface area (TPSA) is 69.6 Å². The normalized spacial score (nSPS) is 11.0. The summed E-state index contributed by atoms with van der Waals surface area (Å²) in [4.78, 5) is 13.2. The third-order valence-electron chi connectivity index (χ3n) is 3.01. The number of hydrogen-bond acceptors (Lipinski definition) is 4. The van der Waals surface area contributed by atoms with Crippen LogP contribution in [0.3, 0.4) is 0 Å². The molecule has 5 heteroatoms. The molecule has 3 aromatic rings. The van der Waals surface area contributed by atoms with Gasteiger partial charge in [-0.05, 0) is 6.92 Å². The van der Waals surface area contributed by atoms with Gasteiger partial charge in [-0.25, -0.2) is 15.0 Å². The third-order valence-corrected chi connectivity index (χ3v) is 3.01. The molecular weight excluding hydrogens is 226 g/mol. The van der Waals surface area contributed by atoms with Gasteiger partial charge in [-0.2, -0.15) is 0 Å². The van der Waals surface area contributed by atoms with Gasteiger partial charge in [-0.1, -0.05) is 30.3 Å². The second-order valence-corrected chi connectivity index (χ2v) is 4.19. The molecule has 0 radical (unpaired) electrons. The van der Waals surface area contributed by atoms with Crippen molar-refractivity contribution in [2.24, 2.45) is 7.05 Å². The number of fused-ring (bicyclic) bond motifs is 1. The van der Waals surface area contributed by atoms with Crippen LogP contribution < -0.4 is 5.73 Å². The van der Waals surface area contributed by atoms with E-state index in [1.807, 2.05) is 48.9 Å². The lowest BCUT2D eigenvalue weighted by Gasteiger charge is -2.03. The smallest absolute Gasteiger partial charge is 0.183 e. The highest BCUT2D eigenvalue weighted by Crippen LogP contribution is 2.22. The van der Waals surface area contributed by atoms with Crippen molar-refractivity contribution in [3.05, 3.63) is 36.2 Å². The van der Waals surface area contributed by atoms with Gasteiger partial charge in [-0.3, -0.25) is 0 Å². The third kappa shape index (κ3) is 1.52. The Morgan fingerprint density at radius 1 is 1.06 bits per heavy atom. The molecule has 1 aromatic carbocycles. The molecule has 0 unspecified atom stereocenters. The van der Waals surface area contributed by atoms with E-state index in [4.69, 9.17) is 5.73 Å². The lowest BCUT2D eigenvalue weighted by molar-refractivity contribution is 0.885. The molecule has 5 nitrogen and oxygen atoms in total. The van der Waals surface area contributed by atoms with Crippen LogP contribution in [0.5, 0.6) is 0 Å². The second kappa shape index (κ2) is 3.80. The zero-order valence-corrected chi connectivity index (χ0v) is 10.3. The molecule has 0 fully saturated rings. The Morgan fingerprint density at radius 3 is 2.50 bits per heavy atom. The first-order chi connectivity index (χ1) is 8.66. The zero-order chi connectivity index (χ0) is 12.7. The van der Waals surface area contributed by atoms with Crippen LogP contribution in [0.2, 0.25) is 0 Å². The standard InChI is InChI=1S/C13H13N5/c1-8-15-13-10(18(8)2)11(14)16-12(17-13)9-6-4-3-5-7-9/h3-7H,1-2H3,(H2,14,16,17). The van der Waals surface area contributed by atoms with E-state index in [1.54, 1.807) is 0 Å². The summed E-state index contributed by atoms with van der Waals surface area (Å²) in [6.45, 7) is 1.92. The van der Waals surface area contributed by atoms with E-state index >= 15 is 0 Å². The molecule has 0 amide bonds. The molecule has 0 saturated carbocycles. The van der Waals surface area contributed by atoms with Crippen LogP contribution >= 0.6 is 0 Å². The van der Waals surface area contributed by atoms with Crippen LogP contribution in [0.4, 0.5) is 5.82 Å². The number of nitrogens with zero attached hydrogens (tertiary/aromatic N) is 4. The van der Waals surface area contributed by atoms with E-state index < -0.39 is 0 Å². The molecule has 18 heavy (non-hydrogen) atoms. The summed E-state index contributed by atoms with van der Waals surface area (Å²) in [7, 11) is 1.91. The van der Waals surface area contributed by atoms with Crippen LogP contribution in [0.1, 0.15) is 5.82 Å². The monoisotopic (exact) mass is 239 g/mol. The first-order valence-corrected chi connectivity index (χ1v) is 5.69. The Kier molecular flexibility index (Phi) is 2.26. The molecule has 0 aliphatic rings. The number of benzene rings is 1. The predicted molar refractivity (Wildman–Crippen MR) is 70.9 cm³/mol. The molecular formula is C13H13N5. The first-order valence-electron chi connectivity index (χ1n) is 5.69. The Labute approximate surface area is 104 Å². The predicted octanol–water partition coefficient (Wildman–Crippen LogP) is 1.92. The van der Waals surface area contributed by atoms with E-state index in [0.29, 0.717) is 17.3 Å². The van der Waals surface area contributed by atoms with Crippen LogP contribution in [-0.2, 0) is 7.05 Å². The van der Waals surface area contributed by atoms with E-state index in [-0.39, 0.29) is 0 Å². The summed E-state index contributed by atoms with van der Waals surface area (Å²) < 4.78 is 1.90. The van der Waals surface area contributed by atoms with Crippen LogP contribution in [0.25, 0.3) is 22.6 Å². The van der Waals surface area contributed by atoms with E-state index in [2.05, 4.69) is 15.0 Å². The highest BCUT2D eigenvalue weighted by molar-refractivity contribution is 5.84. The van der Waals surface area contributed by atoms with E-state index in [9.17, 15) is 0 Å². The molecule has 90 valence electrons. The maximum absolute atomic E-state index is 6.00. The number of aryl methyl sites for hydroxylation is 2. The molecule has 2 aromatic heterocycles. The Bertz CT molecular complexity index is 715. The minimum Gasteiger partial charge on any atom is -0.382 e. The molecule has 0 atom stereocenters. The first kappa shape index (κ1) is 10.7. The summed E-state index contributed by atoms with van der Waals surface area (Å²) in [6.07, 6.45) is 0. The highest BCUT2D eigenvalue weighted by atomic mass is 15.1. The van der Waals surface area contributed by atoms with Crippen molar-refractivity contribution in [3.8, 4) is 11.4 Å². The van der Waals surface area contributed by atoms with E-state index in [1.165, 1.54) is 0 Å². The van der Waals surface area contributed by atoms with Gasteiger partial charge in [0.05, 0.1) is 0 Å². The fourth-order valence-corrected chi connectivity index (χ4v) is 1.97. The number of hydrogen-bond donors (Lipinski definition) is 1. The molecule has 2 heterocycles. The maximum Gasteiger partial charge on any atom is 0.183 e. The summed E-state index contributed by atoms with van der Waals surface area (Å²) in [6, 6.07) is 9.76. The number of imidazole rings is 1. The van der Waals surface area contributed by atoms with Crippen molar-refractivity contribution in [2.45, 2.75) is 6.92 Å². The van der Waals surface area contributed by atoms with Crippen molar-refractivity contribution < 1.29 is 0 Å². The summed E-state index contributed by atoms with van der Waals surface area (Å²) in [5.74, 6) is 1.94. The van der Waals surface area contributed by atoms with Crippen molar-refractivity contribution >= 4 is 17.0 Å². The molecule has 0 bridgehead atoms. The number of nitrogen functional groups attached to an aromatic ring is 1. The average molecular weight is 239 g/mol. The van der Waals surface area contributed by atoms with Crippen molar-refractivity contribution in [1.82, 2.24) is 19.5 Å². The Hall–Kier alpha value is -2.43. The van der Waals surface area contributed by atoms with Gasteiger partial charge in [0.1, 0.15) is 11.3 Å². The van der Waals surface area contributed by atoms with Gasteiger partial charge in [0.15, 0.2) is 17.3 Å². The van der Waals surface area contributed by atoms with Gasteiger partial charge in [0.25, 0.3) is 0 Å². The minimum atomic E-state index is 0.460. The van der Waals surface area contributed by atoms with Crippen LogP contribution in [0, 0.1) is 6.92 Å². The molecule has 0 aliphatic carbocycles. The zero-order valence-electron chi connectivity index (χ0n) is 10.3. The van der Waals surface area contributed by atoms with Crippen LogP contribution in [0.15, 0.2) is 30.3 Å². The number of rotatable bonds is 1. The number of nitrogens with two attached hydrogens (primary N) is 1. The SMILES string of the molecule is Cc1nc2nc(-c3ccccc3)nc(N)c2n1C. The van der Waals surface area contributed by atoms with Gasteiger partial charge in [0, 0.05) is 12.6 Å². The van der Waals surface area contributed by atoms with Crippen molar-refractivity contribution in [2.75, 3.05) is 5.73 Å². The number of aromatic nitrogens is 4. The molecule has 0 spiro atoms. The molecule has 0 aliphatic heterocycles. The maximum atomic E-state index is 6.00. The minimum absolute atomic E-state index is 0.460. The van der Waals surface area contributed by atoms with Gasteiger partial charge >= 0.3 is 0 Å². The van der Waals surface area contributed by atoms with Gasteiger partial charge in [-0.15, -0.1) is 0 Å². The molecule has 2 N–H and O–H groups in total. The average Bonchev–Trinajstić information content (AvgIpc) is 2.66. The Morgan fingerprint density at radius 2 is 1.78 bits per heavy atom. The van der Waals surface area contributed by atoms with E-state index in [0.717, 1.165) is 16.9 Å². The van der Waals surface area contributed by atoms with Crippen LogP contribution in [-0.4, -0.2) is 19.5 Å². The van der Waals surface area contributed by atoms with Crippen molar-refractivity contribution in [3.63, 3.8) is 0 Å². The fraction of sp³-hybridized carbons (Fsp3) is 0.154. The lowest BCUT2D eigenvalue weighted by Crippen LogP contribution is -2.00. The summed E-state index contributed by atoms with van der Waals surface area (Å²) in [5.41, 5.74) is 8.36. The van der Waals surface area contributed by atoms with Gasteiger partial charge < -0.3 is 10.3 Å². The highest BCUT2D eigenvalue weighted by Gasteiger charge is 2.12. The fourth-order valence-electron chi connectivity index (χ4n) is 1.97. The quantitative estimate of drug-likeness (QED) is 0.704. The summed E-state index contributed by atoms with van der Waals surface area (Å²) >= 11 is 0. The largest absolute Gasteiger partial charge is 0.382 e. The summed E-state index contributed by atoms with van der Waals surface area (Å²) in [5, 5.41) is 0. The Balaban J connectivity index is 2.28.